The number of hydrogen-bond donors (Lipinski definition) is 2. The monoisotopic (exact) mass is 435 g/mol. The number of carbonyl (C=O) groups excluding carboxylic acids is 2. The van der Waals surface area contributed by atoms with Crippen molar-refractivity contribution in [1.82, 2.24) is 24.8 Å². The number of amides is 2. The van der Waals surface area contributed by atoms with E-state index in [0.29, 0.717) is 48.7 Å². The van der Waals surface area contributed by atoms with Crippen LogP contribution in [0.15, 0.2) is 30.9 Å². The summed E-state index contributed by atoms with van der Waals surface area (Å²) in [6.07, 6.45) is 5.77. The molecule has 10 nitrogen and oxygen atoms in total. The highest BCUT2D eigenvalue weighted by Gasteiger charge is 2.26. The first kappa shape index (κ1) is 20.2. The van der Waals surface area contributed by atoms with Gasteiger partial charge in [0.2, 0.25) is 0 Å². The normalized spacial score (nSPS) is 16.8. The third-order valence-electron chi connectivity index (χ3n) is 5.98. The van der Waals surface area contributed by atoms with Gasteiger partial charge in [0.05, 0.1) is 5.69 Å². The molecule has 1 aliphatic heterocycles. The van der Waals surface area contributed by atoms with Crippen LogP contribution in [0.3, 0.4) is 0 Å². The van der Waals surface area contributed by atoms with E-state index in [1.165, 1.54) is 6.33 Å². The zero-order valence-electron chi connectivity index (χ0n) is 17.8. The van der Waals surface area contributed by atoms with Gasteiger partial charge in [-0.25, -0.2) is 19.7 Å². The Morgan fingerprint density at radius 3 is 2.62 bits per heavy atom. The van der Waals surface area contributed by atoms with Crippen LogP contribution in [-0.4, -0.2) is 56.8 Å². The van der Waals surface area contributed by atoms with Gasteiger partial charge in [0.1, 0.15) is 18.8 Å². The number of nitrogens with one attached hydrogen (secondary N) is 1. The molecule has 3 heterocycles. The molecule has 10 heteroatoms. The largest absolute Gasteiger partial charge is 0.446 e. The molecule has 5 rings (SSSR count). The molecule has 0 radical (unpaired) electrons. The molecule has 1 aliphatic carbocycles. The molecular weight excluding hydrogens is 410 g/mol. The van der Waals surface area contributed by atoms with Crippen molar-refractivity contribution >= 4 is 29.0 Å². The Kier molecular flexibility index (Phi) is 5.12. The highest BCUT2D eigenvalue weighted by Crippen LogP contribution is 2.28. The van der Waals surface area contributed by atoms with E-state index < -0.39 is 6.09 Å². The Morgan fingerprint density at radius 2 is 1.91 bits per heavy atom. The predicted octanol–water partition coefficient (Wildman–Crippen LogP) is 2.08. The van der Waals surface area contributed by atoms with Gasteiger partial charge in [-0.1, -0.05) is 6.07 Å². The van der Waals surface area contributed by atoms with E-state index in [1.54, 1.807) is 6.33 Å². The molecule has 166 valence electrons. The zero-order valence-corrected chi connectivity index (χ0v) is 17.8. The molecule has 0 unspecified atom stereocenters. The number of imidazole rings is 1. The average molecular weight is 435 g/mol. The maximum Gasteiger partial charge on any atom is 0.404 e. The number of aromatic nitrogens is 4. The van der Waals surface area contributed by atoms with Crippen LogP contribution < -0.4 is 16.0 Å². The summed E-state index contributed by atoms with van der Waals surface area (Å²) in [6.45, 7) is 3.34. The number of nitrogens with zero attached hydrogens (tertiary/aromatic N) is 5. The van der Waals surface area contributed by atoms with Crippen LogP contribution in [-0.2, 0) is 4.74 Å². The number of aryl methyl sites for hydroxylation is 1. The van der Waals surface area contributed by atoms with Crippen LogP contribution >= 0.6 is 0 Å². The maximum absolute atomic E-state index is 12.5. The van der Waals surface area contributed by atoms with Gasteiger partial charge in [-0.2, -0.15) is 0 Å². The Hall–Kier alpha value is -3.69. The molecular formula is C22H25N7O3. The highest BCUT2D eigenvalue weighted by atomic mass is 16.6. The van der Waals surface area contributed by atoms with Crippen molar-refractivity contribution in [3.63, 3.8) is 0 Å². The summed E-state index contributed by atoms with van der Waals surface area (Å²) in [5, 5.41) is 3.03. The molecule has 32 heavy (non-hydrogen) atoms. The summed E-state index contributed by atoms with van der Waals surface area (Å²) in [7, 11) is 0. The fraction of sp³-hybridized carbons (Fsp3) is 0.409. The second kappa shape index (κ2) is 8.10. The number of primary amides is 1. The first-order chi connectivity index (χ1) is 15.5. The molecule has 0 bridgehead atoms. The van der Waals surface area contributed by atoms with Crippen LogP contribution in [0.2, 0.25) is 0 Å². The summed E-state index contributed by atoms with van der Waals surface area (Å²) in [5.74, 6) is 0.682. The third kappa shape index (κ3) is 3.95. The standard InChI is InChI=1S/C22H25N7O3/c1-13-2-3-14(21(30)27-15-4-5-15)10-17(13)29-12-26-18-19(24-11-25-20(18)29)28-8-6-16(7-9-28)32-22(23)31/h2-3,10-12,15-16H,4-9H2,1H3,(H2,23,31)(H,27,30). The molecule has 2 amide bonds. The van der Waals surface area contributed by atoms with Crippen molar-refractivity contribution in [2.45, 2.75) is 44.8 Å². The van der Waals surface area contributed by atoms with Gasteiger partial charge in [-0.05, 0) is 37.5 Å². The van der Waals surface area contributed by atoms with Crippen molar-refractivity contribution < 1.29 is 14.3 Å². The maximum atomic E-state index is 12.5. The number of rotatable bonds is 5. The van der Waals surface area contributed by atoms with Crippen LogP contribution in [0.4, 0.5) is 10.6 Å². The number of ether oxygens (including phenoxy) is 1. The first-order valence-corrected chi connectivity index (χ1v) is 10.8. The van der Waals surface area contributed by atoms with Gasteiger partial charge in [-0.15, -0.1) is 0 Å². The molecule has 0 spiro atoms. The van der Waals surface area contributed by atoms with Crippen molar-refractivity contribution in [3.05, 3.63) is 42.0 Å². The Morgan fingerprint density at radius 1 is 1.12 bits per heavy atom. The summed E-state index contributed by atoms with van der Waals surface area (Å²) in [4.78, 5) is 39.2. The summed E-state index contributed by atoms with van der Waals surface area (Å²) < 4.78 is 7.02. The first-order valence-electron chi connectivity index (χ1n) is 10.8. The molecule has 0 atom stereocenters. The van der Waals surface area contributed by atoms with Crippen LogP contribution in [0, 0.1) is 6.92 Å². The number of anilines is 1. The van der Waals surface area contributed by atoms with Crippen LogP contribution in [0.1, 0.15) is 41.6 Å². The lowest BCUT2D eigenvalue weighted by Crippen LogP contribution is -2.39. The quantitative estimate of drug-likeness (QED) is 0.628. The number of benzene rings is 1. The number of hydrogen-bond acceptors (Lipinski definition) is 7. The number of piperidine rings is 1. The van der Waals surface area contributed by atoms with Gasteiger partial charge >= 0.3 is 6.09 Å². The van der Waals surface area contributed by atoms with Crippen molar-refractivity contribution in [2.75, 3.05) is 18.0 Å². The fourth-order valence-electron chi connectivity index (χ4n) is 4.09. The van der Waals surface area contributed by atoms with E-state index in [4.69, 9.17) is 10.5 Å². The lowest BCUT2D eigenvalue weighted by Gasteiger charge is -2.32. The lowest BCUT2D eigenvalue weighted by atomic mass is 10.1. The topological polar surface area (TPSA) is 128 Å². The molecule has 1 saturated heterocycles. The zero-order chi connectivity index (χ0) is 22.2. The highest BCUT2D eigenvalue weighted by molar-refractivity contribution is 5.95. The van der Waals surface area contributed by atoms with E-state index in [1.807, 2.05) is 29.7 Å². The molecule has 3 N–H and O–H groups in total. The van der Waals surface area contributed by atoms with Crippen LogP contribution in [0.25, 0.3) is 16.9 Å². The Balaban J connectivity index is 1.43. The number of nitrogens with two attached hydrogens (primary N) is 1. The summed E-state index contributed by atoms with van der Waals surface area (Å²) >= 11 is 0. The molecule has 2 aromatic heterocycles. The minimum atomic E-state index is -0.741. The minimum absolute atomic E-state index is 0.0606. The van der Waals surface area contributed by atoms with E-state index >= 15 is 0 Å². The van der Waals surface area contributed by atoms with Crippen molar-refractivity contribution in [3.8, 4) is 5.69 Å². The van der Waals surface area contributed by atoms with E-state index in [2.05, 4.69) is 25.2 Å². The lowest BCUT2D eigenvalue weighted by molar-refractivity contribution is 0.0910. The second-order valence-electron chi connectivity index (χ2n) is 8.36. The molecule has 3 aromatic rings. The van der Waals surface area contributed by atoms with Gasteiger partial charge in [0, 0.05) is 37.5 Å². The van der Waals surface area contributed by atoms with E-state index in [-0.39, 0.29) is 12.0 Å². The number of fused-ring (bicyclic) bond motifs is 1. The second-order valence-corrected chi connectivity index (χ2v) is 8.36. The Bertz CT molecular complexity index is 1180. The minimum Gasteiger partial charge on any atom is -0.446 e. The van der Waals surface area contributed by atoms with Gasteiger partial charge in [0.25, 0.3) is 5.91 Å². The summed E-state index contributed by atoms with van der Waals surface area (Å²) in [6, 6.07) is 5.96. The van der Waals surface area contributed by atoms with Gasteiger partial charge in [-0.3, -0.25) is 9.36 Å². The molecule has 2 fully saturated rings. The molecule has 1 aromatic carbocycles. The predicted molar refractivity (Wildman–Crippen MR) is 118 cm³/mol. The third-order valence-corrected chi connectivity index (χ3v) is 5.98. The van der Waals surface area contributed by atoms with Gasteiger partial charge < -0.3 is 20.7 Å². The van der Waals surface area contributed by atoms with Crippen molar-refractivity contribution in [2.24, 2.45) is 5.73 Å². The summed E-state index contributed by atoms with van der Waals surface area (Å²) in [5.41, 5.74) is 8.98. The molecule has 1 saturated carbocycles. The van der Waals surface area contributed by atoms with Crippen molar-refractivity contribution in [1.29, 1.82) is 0 Å². The number of carbonyl (C=O) groups is 2. The smallest absolute Gasteiger partial charge is 0.404 e. The SMILES string of the molecule is Cc1ccc(C(=O)NC2CC2)cc1-n1cnc2c(N3CCC(OC(N)=O)CC3)ncnc21. The van der Waals surface area contributed by atoms with Crippen LogP contribution in [0.5, 0.6) is 0 Å². The van der Waals surface area contributed by atoms with Gasteiger partial charge in [0.15, 0.2) is 17.0 Å². The van der Waals surface area contributed by atoms with E-state index in [9.17, 15) is 9.59 Å². The molecule has 2 aliphatic rings. The average Bonchev–Trinajstić information content (AvgIpc) is 3.49. The Labute approximate surface area is 184 Å². The fourth-order valence-corrected chi connectivity index (χ4v) is 4.09. The van der Waals surface area contributed by atoms with E-state index in [0.717, 1.165) is 29.9 Å².